The largest absolute Gasteiger partial charge is 0.496 e. The summed E-state index contributed by atoms with van der Waals surface area (Å²) in [4.78, 5) is 24.4. The summed E-state index contributed by atoms with van der Waals surface area (Å²) in [7, 11) is 1.56. The zero-order valence-corrected chi connectivity index (χ0v) is 16.7. The number of carbonyl (C=O) groups excluding carboxylic acids is 2. The first-order valence-corrected chi connectivity index (χ1v) is 8.85. The van der Waals surface area contributed by atoms with E-state index in [1.807, 2.05) is 0 Å². The average molecular weight is 505 g/mol. The normalized spacial score (nSPS) is 10.2. The zero-order valence-electron chi connectivity index (χ0n) is 13.0. The van der Waals surface area contributed by atoms with Crippen LogP contribution in [-0.4, -0.2) is 25.7 Å². The molecule has 7 heteroatoms. The van der Waals surface area contributed by atoms with Crippen LogP contribution in [0.2, 0.25) is 0 Å². The second-order valence-corrected chi connectivity index (χ2v) is 6.68. The number of hydrogen-bond donors (Lipinski definition) is 0. The predicted octanol–water partition coefficient (Wildman–Crippen LogP) is 4.46. The van der Waals surface area contributed by atoms with Gasteiger partial charge in [0.15, 0.2) is 0 Å². The number of ether oxygens (including phenoxy) is 3. The van der Waals surface area contributed by atoms with Crippen LogP contribution in [0.5, 0.6) is 11.5 Å². The van der Waals surface area contributed by atoms with E-state index in [2.05, 4.69) is 38.5 Å². The summed E-state index contributed by atoms with van der Waals surface area (Å²) in [6, 6.07) is 9.73. The Balaban J connectivity index is 2.28. The Hall–Kier alpha value is -1.61. The van der Waals surface area contributed by atoms with Gasteiger partial charge in [-0.2, -0.15) is 0 Å². The van der Waals surface area contributed by atoms with Gasteiger partial charge < -0.3 is 14.2 Å². The highest BCUT2D eigenvalue weighted by Gasteiger charge is 2.18. The predicted molar refractivity (Wildman–Crippen MR) is 101 cm³/mol. The molecule has 0 amide bonds. The molecule has 0 bridgehead atoms. The molecule has 0 aliphatic rings. The molecular weight excluding hydrogens is 491 g/mol. The quantitative estimate of drug-likeness (QED) is 0.342. The third-order valence-corrected chi connectivity index (χ3v) is 4.36. The molecule has 126 valence electrons. The molecule has 0 fully saturated rings. The van der Waals surface area contributed by atoms with Gasteiger partial charge in [0.05, 0.1) is 22.9 Å². The number of esters is 2. The van der Waals surface area contributed by atoms with Gasteiger partial charge in [-0.15, -0.1) is 0 Å². The number of hydrogen-bond acceptors (Lipinski definition) is 5. The molecule has 0 N–H and O–H groups in total. The van der Waals surface area contributed by atoms with Crippen molar-refractivity contribution in [1.29, 1.82) is 0 Å². The molecule has 0 heterocycles. The van der Waals surface area contributed by atoms with Crippen molar-refractivity contribution in [2.24, 2.45) is 0 Å². The van der Waals surface area contributed by atoms with E-state index in [0.29, 0.717) is 15.8 Å². The molecule has 0 unspecified atom stereocenters. The Kier molecular flexibility index (Phi) is 6.61. The molecule has 2 aromatic rings. The summed E-state index contributed by atoms with van der Waals surface area (Å²) in [6.07, 6.45) is 0. The van der Waals surface area contributed by atoms with Crippen molar-refractivity contribution in [3.63, 3.8) is 0 Å². The van der Waals surface area contributed by atoms with E-state index in [1.165, 1.54) is 0 Å². The van der Waals surface area contributed by atoms with Crippen molar-refractivity contribution in [3.05, 3.63) is 55.6 Å². The van der Waals surface area contributed by atoms with Crippen LogP contribution in [0.15, 0.2) is 40.9 Å². The first-order chi connectivity index (χ1) is 11.5. The molecular formula is C17H14BrIO5. The zero-order chi connectivity index (χ0) is 17.7. The SMILES string of the molecule is CCOC(=O)c1cc(Br)ccc1OC(=O)c1ccc(OC)c(I)c1. The van der Waals surface area contributed by atoms with Crippen LogP contribution in [0.4, 0.5) is 0 Å². The number of rotatable bonds is 5. The highest BCUT2D eigenvalue weighted by molar-refractivity contribution is 14.1. The maximum Gasteiger partial charge on any atom is 0.343 e. The number of halogens is 2. The van der Waals surface area contributed by atoms with E-state index in [9.17, 15) is 9.59 Å². The van der Waals surface area contributed by atoms with Crippen LogP contribution < -0.4 is 9.47 Å². The summed E-state index contributed by atoms with van der Waals surface area (Å²) >= 11 is 5.36. The molecule has 0 saturated heterocycles. The van der Waals surface area contributed by atoms with E-state index in [4.69, 9.17) is 14.2 Å². The number of benzene rings is 2. The minimum Gasteiger partial charge on any atom is -0.496 e. The average Bonchev–Trinajstić information content (AvgIpc) is 2.56. The van der Waals surface area contributed by atoms with Crippen LogP contribution in [-0.2, 0) is 4.74 Å². The van der Waals surface area contributed by atoms with E-state index < -0.39 is 11.9 Å². The van der Waals surface area contributed by atoms with E-state index in [0.717, 1.165) is 3.57 Å². The van der Waals surface area contributed by atoms with Crippen LogP contribution in [0.25, 0.3) is 0 Å². The Morgan fingerprint density at radius 1 is 1.08 bits per heavy atom. The van der Waals surface area contributed by atoms with Crippen LogP contribution in [0.3, 0.4) is 0 Å². The lowest BCUT2D eigenvalue weighted by Gasteiger charge is -2.11. The standard InChI is InChI=1S/C17H14BrIO5/c1-3-23-17(21)12-9-11(18)5-7-14(12)24-16(20)10-4-6-15(22-2)13(19)8-10/h4-9H,3H2,1-2H3. The fourth-order valence-electron chi connectivity index (χ4n) is 1.91. The van der Waals surface area contributed by atoms with E-state index in [-0.39, 0.29) is 17.9 Å². The lowest BCUT2D eigenvalue weighted by Crippen LogP contribution is -2.13. The summed E-state index contributed by atoms with van der Waals surface area (Å²) in [5, 5.41) is 0. The molecule has 0 atom stereocenters. The molecule has 0 aliphatic carbocycles. The van der Waals surface area contributed by atoms with Gasteiger partial charge in [0, 0.05) is 4.47 Å². The van der Waals surface area contributed by atoms with Gasteiger partial charge in [-0.05, 0) is 65.9 Å². The van der Waals surface area contributed by atoms with Crippen LogP contribution in [0.1, 0.15) is 27.6 Å². The van der Waals surface area contributed by atoms with Crippen molar-refractivity contribution in [2.75, 3.05) is 13.7 Å². The highest BCUT2D eigenvalue weighted by atomic mass is 127. The Morgan fingerprint density at radius 2 is 1.79 bits per heavy atom. The minimum atomic E-state index is -0.566. The first-order valence-electron chi connectivity index (χ1n) is 6.98. The Labute approximate surface area is 161 Å². The van der Waals surface area contributed by atoms with Crippen molar-refractivity contribution in [2.45, 2.75) is 6.92 Å². The highest BCUT2D eigenvalue weighted by Crippen LogP contribution is 2.26. The second kappa shape index (κ2) is 8.48. The van der Waals surface area contributed by atoms with Crippen molar-refractivity contribution in [1.82, 2.24) is 0 Å². The first kappa shape index (κ1) is 18.7. The fourth-order valence-corrected chi connectivity index (χ4v) is 3.01. The molecule has 0 aromatic heterocycles. The molecule has 0 radical (unpaired) electrons. The molecule has 2 rings (SSSR count). The van der Waals surface area contributed by atoms with Crippen molar-refractivity contribution < 1.29 is 23.8 Å². The third kappa shape index (κ3) is 4.47. The van der Waals surface area contributed by atoms with Gasteiger partial charge in [-0.25, -0.2) is 9.59 Å². The second-order valence-electron chi connectivity index (χ2n) is 4.60. The number of methoxy groups -OCH3 is 1. The van der Waals surface area contributed by atoms with Gasteiger partial charge >= 0.3 is 11.9 Å². The van der Waals surface area contributed by atoms with E-state index >= 15 is 0 Å². The van der Waals surface area contributed by atoms with E-state index in [1.54, 1.807) is 50.4 Å². The topological polar surface area (TPSA) is 61.8 Å². The molecule has 0 aliphatic heterocycles. The van der Waals surface area contributed by atoms with Gasteiger partial charge in [-0.1, -0.05) is 15.9 Å². The Bertz CT molecular complexity index is 776. The lowest BCUT2D eigenvalue weighted by atomic mass is 10.2. The van der Waals surface area contributed by atoms with Crippen LogP contribution >= 0.6 is 38.5 Å². The molecule has 24 heavy (non-hydrogen) atoms. The lowest BCUT2D eigenvalue weighted by molar-refractivity contribution is 0.0520. The molecule has 5 nitrogen and oxygen atoms in total. The molecule has 2 aromatic carbocycles. The monoisotopic (exact) mass is 504 g/mol. The minimum absolute atomic E-state index is 0.146. The van der Waals surface area contributed by atoms with Crippen LogP contribution in [0, 0.1) is 3.57 Å². The third-order valence-electron chi connectivity index (χ3n) is 3.03. The summed E-state index contributed by atoms with van der Waals surface area (Å²) in [5.41, 5.74) is 0.542. The van der Waals surface area contributed by atoms with Gasteiger partial charge in [0.2, 0.25) is 0 Å². The summed E-state index contributed by atoms with van der Waals surface area (Å²) in [6.45, 7) is 1.94. The number of carbonyl (C=O) groups is 2. The van der Waals surface area contributed by atoms with Crippen molar-refractivity contribution in [3.8, 4) is 11.5 Å². The molecule has 0 saturated carbocycles. The Morgan fingerprint density at radius 3 is 2.42 bits per heavy atom. The maximum atomic E-state index is 12.4. The summed E-state index contributed by atoms with van der Waals surface area (Å²) < 4.78 is 17.0. The maximum absolute atomic E-state index is 12.4. The van der Waals surface area contributed by atoms with Gasteiger partial charge in [-0.3, -0.25) is 0 Å². The molecule has 0 spiro atoms. The summed E-state index contributed by atoms with van der Waals surface area (Å²) in [5.74, 6) is -0.301. The van der Waals surface area contributed by atoms with Gasteiger partial charge in [0.1, 0.15) is 17.1 Å². The smallest absolute Gasteiger partial charge is 0.343 e. The van der Waals surface area contributed by atoms with Crippen molar-refractivity contribution >= 4 is 50.5 Å². The van der Waals surface area contributed by atoms with Gasteiger partial charge in [0.25, 0.3) is 0 Å². The fraction of sp³-hybridized carbons (Fsp3) is 0.176.